The van der Waals surface area contributed by atoms with Crippen LogP contribution in [0.1, 0.15) is 16.7 Å². The molecule has 0 unspecified atom stereocenters. The zero-order valence-corrected chi connectivity index (χ0v) is 15.0. The van der Waals surface area contributed by atoms with E-state index in [1.54, 1.807) is 11.3 Å². The molecule has 0 bridgehead atoms. The monoisotopic (exact) mass is 332 g/mol. The molecule has 1 nitrogen and oxygen atoms in total. The van der Waals surface area contributed by atoms with Crippen molar-refractivity contribution in [3.05, 3.63) is 93.6 Å². The first-order chi connectivity index (χ1) is 11.5. The van der Waals surface area contributed by atoms with E-state index in [4.69, 9.17) is 0 Å². The van der Waals surface area contributed by atoms with Crippen LogP contribution in [0.2, 0.25) is 0 Å². The third-order valence-corrected chi connectivity index (χ3v) is 5.00. The lowest BCUT2D eigenvalue weighted by Gasteiger charge is -1.99. The predicted octanol–water partition coefficient (Wildman–Crippen LogP) is 6.03. The summed E-state index contributed by atoms with van der Waals surface area (Å²) in [5.41, 5.74) is 4.20. The molecule has 0 radical (unpaired) electrons. The summed E-state index contributed by atoms with van der Waals surface area (Å²) in [6.07, 6.45) is 0. The van der Waals surface area contributed by atoms with Gasteiger partial charge in [-0.2, -0.15) is 0 Å². The molecule has 4 rings (SSSR count). The van der Waals surface area contributed by atoms with Crippen LogP contribution in [0.5, 0.6) is 0 Å². The summed E-state index contributed by atoms with van der Waals surface area (Å²) in [7, 11) is 0. The second-order valence-electron chi connectivity index (χ2n) is 6.09. The van der Waals surface area contributed by atoms with Crippen molar-refractivity contribution in [1.29, 1.82) is 0 Å². The number of hydrogen-bond donors (Lipinski definition) is 0. The van der Waals surface area contributed by atoms with E-state index < -0.39 is 0 Å². The highest BCUT2D eigenvalue weighted by Gasteiger charge is 2.03. The molecule has 0 N–H and O–H groups in total. The fourth-order valence-electron chi connectivity index (χ4n) is 2.95. The molecule has 0 amide bonds. The molecule has 1 heterocycles. The minimum absolute atomic E-state index is 0.139. The Balaban J connectivity index is 0.000000162. The molecule has 0 aliphatic carbocycles. The minimum atomic E-state index is 0.139. The lowest BCUT2D eigenvalue weighted by Crippen LogP contribution is -1.99. The van der Waals surface area contributed by atoms with Gasteiger partial charge in [0.05, 0.1) is 0 Å². The lowest BCUT2D eigenvalue weighted by atomic mass is 10.1. The standard InChI is InChI=1S/C13H8OS.C9H12/c14-13-9-5-1-3-7-11(9)15-12-8-4-2-6-10(12)13;1-7-4-8(2)6-9(3)5-7/h1-8H;4-6H,1-3H3. The average molecular weight is 332 g/mol. The SMILES string of the molecule is Cc1cc(C)cc(C)c1.O=c1c2ccccc2sc2ccccc12. The maximum atomic E-state index is 12.1. The number of hydrogen-bond acceptors (Lipinski definition) is 2. The van der Waals surface area contributed by atoms with Gasteiger partial charge in [0, 0.05) is 20.2 Å². The van der Waals surface area contributed by atoms with E-state index in [9.17, 15) is 4.79 Å². The minimum Gasteiger partial charge on any atom is -0.289 e. The van der Waals surface area contributed by atoms with Gasteiger partial charge in [-0.25, -0.2) is 0 Å². The molecule has 0 fully saturated rings. The van der Waals surface area contributed by atoms with E-state index in [2.05, 4.69) is 39.0 Å². The van der Waals surface area contributed by atoms with Crippen LogP contribution < -0.4 is 5.43 Å². The van der Waals surface area contributed by atoms with E-state index in [0.717, 1.165) is 20.2 Å². The molecular weight excluding hydrogens is 312 g/mol. The Hall–Kier alpha value is -2.45. The fraction of sp³-hybridized carbons (Fsp3) is 0.136. The van der Waals surface area contributed by atoms with Gasteiger partial charge in [-0.05, 0) is 45.0 Å². The van der Waals surface area contributed by atoms with Gasteiger partial charge < -0.3 is 0 Å². The Morgan fingerprint density at radius 2 is 1.00 bits per heavy atom. The third kappa shape index (κ3) is 3.55. The van der Waals surface area contributed by atoms with Crippen molar-refractivity contribution in [1.82, 2.24) is 0 Å². The predicted molar refractivity (Wildman–Crippen MR) is 106 cm³/mol. The Labute approximate surface area is 146 Å². The summed E-state index contributed by atoms with van der Waals surface area (Å²) in [5.74, 6) is 0. The van der Waals surface area contributed by atoms with E-state index in [-0.39, 0.29) is 5.43 Å². The van der Waals surface area contributed by atoms with Crippen molar-refractivity contribution in [3.63, 3.8) is 0 Å². The highest BCUT2D eigenvalue weighted by Crippen LogP contribution is 2.23. The summed E-state index contributed by atoms with van der Waals surface area (Å²) in [6, 6.07) is 22.1. The molecule has 3 aromatic carbocycles. The molecule has 0 aliphatic heterocycles. The third-order valence-electron chi connectivity index (χ3n) is 3.85. The quantitative estimate of drug-likeness (QED) is 0.359. The summed E-state index contributed by atoms with van der Waals surface area (Å²) in [4.78, 5) is 12.1. The highest BCUT2D eigenvalue weighted by atomic mass is 32.1. The van der Waals surface area contributed by atoms with E-state index >= 15 is 0 Å². The lowest BCUT2D eigenvalue weighted by molar-refractivity contribution is 1.32. The number of aryl methyl sites for hydroxylation is 3. The molecule has 0 saturated carbocycles. The van der Waals surface area contributed by atoms with Gasteiger partial charge in [0.1, 0.15) is 0 Å². The normalized spacial score (nSPS) is 10.5. The van der Waals surface area contributed by atoms with Crippen LogP contribution >= 0.6 is 11.3 Å². The number of fused-ring (bicyclic) bond motifs is 2. The Kier molecular flexibility index (Phi) is 4.77. The van der Waals surface area contributed by atoms with Crippen molar-refractivity contribution in [2.45, 2.75) is 20.8 Å². The largest absolute Gasteiger partial charge is 0.289 e. The van der Waals surface area contributed by atoms with Crippen LogP contribution in [0.3, 0.4) is 0 Å². The number of rotatable bonds is 0. The van der Waals surface area contributed by atoms with Crippen LogP contribution in [-0.4, -0.2) is 0 Å². The first kappa shape index (κ1) is 16.4. The van der Waals surface area contributed by atoms with Crippen LogP contribution in [0.15, 0.2) is 71.5 Å². The van der Waals surface area contributed by atoms with Gasteiger partial charge in [-0.15, -0.1) is 11.3 Å². The van der Waals surface area contributed by atoms with E-state index in [1.807, 2.05) is 48.5 Å². The molecule has 0 spiro atoms. The molecule has 0 saturated heterocycles. The first-order valence-corrected chi connectivity index (χ1v) is 8.82. The van der Waals surface area contributed by atoms with Crippen molar-refractivity contribution < 1.29 is 0 Å². The Morgan fingerprint density at radius 3 is 1.42 bits per heavy atom. The van der Waals surface area contributed by atoms with Gasteiger partial charge >= 0.3 is 0 Å². The highest BCUT2D eigenvalue weighted by molar-refractivity contribution is 7.24. The Morgan fingerprint density at radius 1 is 0.625 bits per heavy atom. The van der Waals surface area contributed by atoms with Crippen LogP contribution in [0, 0.1) is 20.8 Å². The fourth-order valence-corrected chi connectivity index (χ4v) is 4.02. The van der Waals surface area contributed by atoms with E-state index in [0.29, 0.717) is 0 Å². The van der Waals surface area contributed by atoms with Gasteiger partial charge in [0.25, 0.3) is 0 Å². The average Bonchev–Trinajstić information content (AvgIpc) is 2.54. The van der Waals surface area contributed by atoms with Crippen LogP contribution in [0.4, 0.5) is 0 Å². The molecule has 24 heavy (non-hydrogen) atoms. The summed E-state index contributed by atoms with van der Waals surface area (Å²) < 4.78 is 2.11. The molecule has 2 heteroatoms. The maximum Gasteiger partial charge on any atom is 0.195 e. The zero-order chi connectivity index (χ0) is 17.1. The van der Waals surface area contributed by atoms with Gasteiger partial charge in [0.2, 0.25) is 0 Å². The number of benzene rings is 3. The zero-order valence-electron chi connectivity index (χ0n) is 14.2. The summed E-state index contributed by atoms with van der Waals surface area (Å²) in [6.45, 7) is 6.38. The van der Waals surface area contributed by atoms with Crippen molar-refractivity contribution in [3.8, 4) is 0 Å². The molecule has 4 aromatic rings. The Bertz CT molecular complexity index is 953. The molecule has 1 aromatic heterocycles. The molecule has 0 atom stereocenters. The molecule has 0 aliphatic rings. The van der Waals surface area contributed by atoms with Crippen LogP contribution in [0.25, 0.3) is 20.2 Å². The second-order valence-corrected chi connectivity index (χ2v) is 7.17. The van der Waals surface area contributed by atoms with Gasteiger partial charge in [-0.1, -0.05) is 59.2 Å². The van der Waals surface area contributed by atoms with Gasteiger partial charge in [0.15, 0.2) is 5.43 Å². The van der Waals surface area contributed by atoms with Gasteiger partial charge in [-0.3, -0.25) is 4.79 Å². The van der Waals surface area contributed by atoms with E-state index in [1.165, 1.54) is 16.7 Å². The maximum absolute atomic E-state index is 12.1. The summed E-state index contributed by atoms with van der Waals surface area (Å²) >= 11 is 1.67. The molecule has 120 valence electrons. The van der Waals surface area contributed by atoms with Crippen molar-refractivity contribution in [2.24, 2.45) is 0 Å². The van der Waals surface area contributed by atoms with Crippen molar-refractivity contribution in [2.75, 3.05) is 0 Å². The van der Waals surface area contributed by atoms with Crippen LogP contribution in [-0.2, 0) is 0 Å². The van der Waals surface area contributed by atoms with Crippen molar-refractivity contribution >= 4 is 31.5 Å². The topological polar surface area (TPSA) is 17.1 Å². The summed E-state index contributed by atoms with van der Waals surface area (Å²) in [5, 5.41) is 1.64. The first-order valence-electron chi connectivity index (χ1n) is 8.00. The molecular formula is C22H20OS. The smallest absolute Gasteiger partial charge is 0.195 e. The second kappa shape index (κ2) is 6.98.